The Labute approximate surface area is 102 Å². The minimum atomic E-state index is -0.0542. The fourth-order valence-corrected chi connectivity index (χ4v) is 3.05. The highest BCUT2D eigenvalue weighted by Crippen LogP contribution is 2.40. The molecule has 0 atom stereocenters. The van der Waals surface area contributed by atoms with Crippen LogP contribution in [0.4, 0.5) is 0 Å². The highest BCUT2D eigenvalue weighted by Gasteiger charge is 2.29. The number of aliphatic hydroxyl groups excluding tert-OH is 1. The molecule has 0 saturated carbocycles. The highest BCUT2D eigenvalue weighted by atomic mass is 32.1. The van der Waals surface area contributed by atoms with Crippen LogP contribution < -0.4 is 4.74 Å². The van der Waals surface area contributed by atoms with Crippen LogP contribution in [0.2, 0.25) is 0 Å². The summed E-state index contributed by atoms with van der Waals surface area (Å²) in [5.74, 6) is 0.631. The zero-order valence-electron chi connectivity index (χ0n) is 9.05. The molecule has 0 saturated heterocycles. The summed E-state index contributed by atoms with van der Waals surface area (Å²) in [5, 5.41) is 9.87. The van der Waals surface area contributed by atoms with Crippen LogP contribution in [-0.4, -0.2) is 35.8 Å². The number of ether oxygens (including phenoxy) is 1. The molecular weight excluding hydrogens is 238 g/mol. The normalized spacial score (nSPS) is 14.9. The van der Waals surface area contributed by atoms with Gasteiger partial charge in [0.15, 0.2) is 12.5 Å². The monoisotopic (exact) mass is 249 g/mol. The average Bonchev–Trinajstić information content (AvgIpc) is 2.73. The van der Waals surface area contributed by atoms with E-state index in [1.165, 1.54) is 16.2 Å². The number of fused-ring (bicyclic) bond motifs is 3. The van der Waals surface area contributed by atoms with Crippen LogP contribution in [0.15, 0.2) is 24.3 Å². The summed E-state index contributed by atoms with van der Waals surface area (Å²) >= 11 is 1.44. The summed E-state index contributed by atoms with van der Waals surface area (Å²) < 4.78 is 6.67. The van der Waals surface area contributed by atoms with Gasteiger partial charge in [0.25, 0.3) is 5.91 Å². The molecule has 0 radical (unpaired) electrons. The first-order valence-electron chi connectivity index (χ1n) is 5.35. The lowest BCUT2D eigenvalue weighted by Crippen LogP contribution is -2.39. The van der Waals surface area contributed by atoms with Gasteiger partial charge in [0.2, 0.25) is 0 Å². The van der Waals surface area contributed by atoms with Crippen LogP contribution in [0.25, 0.3) is 10.1 Å². The maximum absolute atomic E-state index is 12.1. The minimum absolute atomic E-state index is 0.0463. The molecule has 3 rings (SSSR count). The zero-order valence-corrected chi connectivity index (χ0v) is 9.87. The van der Waals surface area contributed by atoms with Gasteiger partial charge in [0, 0.05) is 16.6 Å². The number of thiophene rings is 1. The van der Waals surface area contributed by atoms with Crippen molar-refractivity contribution in [1.29, 1.82) is 0 Å². The van der Waals surface area contributed by atoms with E-state index in [4.69, 9.17) is 9.84 Å². The number of nitrogens with zero attached hydrogens (tertiary/aromatic N) is 1. The van der Waals surface area contributed by atoms with Crippen molar-refractivity contribution in [1.82, 2.24) is 4.90 Å². The van der Waals surface area contributed by atoms with Crippen molar-refractivity contribution in [3.05, 3.63) is 29.1 Å². The fourth-order valence-electron chi connectivity index (χ4n) is 1.94. The number of hydrogen-bond acceptors (Lipinski definition) is 4. The lowest BCUT2D eigenvalue weighted by Gasteiger charge is -2.26. The summed E-state index contributed by atoms with van der Waals surface area (Å²) in [6.45, 7) is 0.481. The largest absolute Gasteiger partial charge is 0.471 e. The van der Waals surface area contributed by atoms with Gasteiger partial charge in [0.05, 0.1) is 6.61 Å². The summed E-state index contributed by atoms with van der Waals surface area (Å²) in [7, 11) is 0. The third-order valence-electron chi connectivity index (χ3n) is 2.77. The Bertz CT molecular complexity index is 578. The van der Waals surface area contributed by atoms with Crippen molar-refractivity contribution in [3.8, 4) is 5.75 Å². The number of β-amino-alcohol motifs (C(OH)–C–C–N with tert-alkyl or cyclic N) is 1. The number of carbonyl (C=O) groups excluding carboxylic acids is 1. The van der Waals surface area contributed by atoms with Gasteiger partial charge in [-0.1, -0.05) is 12.1 Å². The molecule has 1 aromatic carbocycles. The van der Waals surface area contributed by atoms with Gasteiger partial charge in [-0.2, -0.15) is 0 Å². The quantitative estimate of drug-likeness (QED) is 0.881. The number of carbonyl (C=O) groups is 1. The first-order chi connectivity index (χ1) is 8.31. The minimum Gasteiger partial charge on any atom is -0.471 e. The van der Waals surface area contributed by atoms with E-state index in [0.717, 1.165) is 10.1 Å². The molecule has 0 fully saturated rings. The van der Waals surface area contributed by atoms with Gasteiger partial charge >= 0.3 is 0 Å². The molecule has 1 aliphatic heterocycles. The SMILES string of the molecule is O=C1c2sc3ccccc3c2OCN1CCO. The van der Waals surface area contributed by atoms with Crippen molar-refractivity contribution in [3.63, 3.8) is 0 Å². The van der Waals surface area contributed by atoms with Crippen molar-refractivity contribution in [2.75, 3.05) is 19.9 Å². The van der Waals surface area contributed by atoms with Gasteiger partial charge < -0.3 is 14.7 Å². The first-order valence-corrected chi connectivity index (χ1v) is 6.17. The summed E-state index contributed by atoms with van der Waals surface area (Å²) in [6.07, 6.45) is 0. The summed E-state index contributed by atoms with van der Waals surface area (Å²) in [5.41, 5.74) is 0. The number of amides is 1. The van der Waals surface area contributed by atoms with Crippen molar-refractivity contribution in [2.24, 2.45) is 0 Å². The van der Waals surface area contributed by atoms with Crippen LogP contribution >= 0.6 is 11.3 Å². The number of hydrogen-bond donors (Lipinski definition) is 1. The van der Waals surface area contributed by atoms with Gasteiger partial charge in [-0.05, 0) is 12.1 Å². The number of benzene rings is 1. The molecule has 1 aliphatic rings. The Morgan fingerprint density at radius 3 is 3.06 bits per heavy atom. The van der Waals surface area contributed by atoms with E-state index in [1.807, 2.05) is 24.3 Å². The lowest BCUT2D eigenvalue weighted by atomic mass is 10.2. The molecule has 1 N–H and O–H groups in total. The van der Waals surface area contributed by atoms with E-state index >= 15 is 0 Å². The molecular formula is C12H11NO3S. The molecule has 1 amide bonds. The van der Waals surface area contributed by atoms with E-state index in [-0.39, 0.29) is 19.2 Å². The maximum atomic E-state index is 12.1. The van der Waals surface area contributed by atoms with E-state index < -0.39 is 0 Å². The van der Waals surface area contributed by atoms with Crippen LogP contribution in [-0.2, 0) is 0 Å². The van der Waals surface area contributed by atoms with Crippen LogP contribution in [0, 0.1) is 0 Å². The van der Waals surface area contributed by atoms with E-state index in [2.05, 4.69) is 0 Å². The second kappa shape index (κ2) is 4.01. The van der Waals surface area contributed by atoms with Gasteiger partial charge in [0.1, 0.15) is 4.88 Å². The summed E-state index contributed by atoms with van der Waals surface area (Å²) in [6, 6.07) is 7.81. The molecule has 0 bridgehead atoms. The molecule has 17 heavy (non-hydrogen) atoms. The molecule has 0 aliphatic carbocycles. The van der Waals surface area contributed by atoms with Crippen LogP contribution in [0.3, 0.4) is 0 Å². The molecule has 2 aromatic rings. The second-order valence-corrected chi connectivity index (χ2v) is 4.87. The standard InChI is InChI=1S/C12H11NO3S/c14-6-5-13-7-16-10-8-3-1-2-4-9(8)17-11(10)12(13)15/h1-4,14H,5-7H2. The molecule has 0 unspecified atom stereocenters. The first kappa shape index (κ1) is 10.6. The molecule has 2 heterocycles. The molecule has 1 aromatic heterocycles. The smallest absolute Gasteiger partial charge is 0.270 e. The van der Waals surface area contributed by atoms with E-state index in [9.17, 15) is 4.79 Å². The molecule has 4 nitrogen and oxygen atoms in total. The molecule has 88 valence electrons. The Hall–Kier alpha value is -1.59. The predicted molar refractivity (Wildman–Crippen MR) is 65.4 cm³/mol. The average molecular weight is 249 g/mol. The van der Waals surface area contributed by atoms with Crippen molar-refractivity contribution >= 4 is 27.3 Å². The summed E-state index contributed by atoms with van der Waals surface area (Å²) in [4.78, 5) is 14.3. The number of aliphatic hydroxyl groups is 1. The lowest BCUT2D eigenvalue weighted by molar-refractivity contribution is 0.0483. The highest BCUT2D eigenvalue weighted by molar-refractivity contribution is 7.21. The fraction of sp³-hybridized carbons (Fsp3) is 0.250. The van der Waals surface area contributed by atoms with Crippen molar-refractivity contribution < 1.29 is 14.6 Å². The molecule has 0 spiro atoms. The van der Waals surface area contributed by atoms with Crippen LogP contribution in [0.1, 0.15) is 9.67 Å². The van der Waals surface area contributed by atoms with E-state index in [0.29, 0.717) is 17.2 Å². The van der Waals surface area contributed by atoms with Gasteiger partial charge in [-0.25, -0.2) is 0 Å². The molecule has 5 heteroatoms. The topological polar surface area (TPSA) is 49.8 Å². The predicted octanol–water partition coefficient (Wildman–Crippen LogP) is 1.69. The third-order valence-corrected chi connectivity index (χ3v) is 3.91. The van der Waals surface area contributed by atoms with Gasteiger partial charge in [-0.15, -0.1) is 11.3 Å². The Balaban J connectivity index is 2.09. The maximum Gasteiger partial charge on any atom is 0.270 e. The van der Waals surface area contributed by atoms with E-state index in [1.54, 1.807) is 0 Å². The number of rotatable bonds is 2. The van der Waals surface area contributed by atoms with Crippen molar-refractivity contribution in [2.45, 2.75) is 0 Å². The second-order valence-electron chi connectivity index (χ2n) is 3.82. The third kappa shape index (κ3) is 1.59. The zero-order chi connectivity index (χ0) is 11.8. The Morgan fingerprint density at radius 2 is 2.24 bits per heavy atom. The Morgan fingerprint density at radius 1 is 1.41 bits per heavy atom. The van der Waals surface area contributed by atoms with Gasteiger partial charge in [-0.3, -0.25) is 4.79 Å². The van der Waals surface area contributed by atoms with Crippen LogP contribution in [0.5, 0.6) is 5.75 Å². The Kier molecular flexibility index (Phi) is 2.49.